The number of aryl methyl sites for hydroxylation is 2. The predicted octanol–water partition coefficient (Wildman–Crippen LogP) is 5.62. The molecule has 0 bridgehead atoms. The van der Waals surface area contributed by atoms with E-state index in [-0.39, 0.29) is 17.8 Å². The number of thiophene rings is 1. The average molecular weight is 516 g/mol. The van der Waals surface area contributed by atoms with Crippen LogP contribution in [0.1, 0.15) is 34.4 Å². The largest absolute Gasteiger partial charge is 0.332 e. The quantitative estimate of drug-likeness (QED) is 0.354. The number of hydrogen-bond acceptors (Lipinski definition) is 3. The topological polar surface area (TPSA) is 44.0 Å². The van der Waals surface area contributed by atoms with E-state index in [2.05, 4.69) is 15.9 Å². The van der Waals surface area contributed by atoms with Gasteiger partial charge in [-0.15, -0.1) is 11.3 Å². The van der Waals surface area contributed by atoms with Gasteiger partial charge in [-0.05, 0) is 60.6 Å². The van der Waals surface area contributed by atoms with Gasteiger partial charge >= 0.3 is 5.69 Å². The van der Waals surface area contributed by atoms with Crippen LogP contribution in [0.2, 0.25) is 5.02 Å². The Morgan fingerprint density at radius 3 is 2.45 bits per heavy atom. The second kappa shape index (κ2) is 8.41. The SMILES string of the molecule is O=c1c2c3c(sc2n(Cc2ccc(Br)cc2)c(=O)n1Cc1ccccc1Cl)CCCC3. The minimum atomic E-state index is -0.293. The highest BCUT2D eigenvalue weighted by atomic mass is 79.9. The van der Waals surface area contributed by atoms with Gasteiger partial charge in [-0.1, -0.05) is 57.9 Å². The first-order chi connectivity index (χ1) is 15.0. The van der Waals surface area contributed by atoms with Crippen molar-refractivity contribution in [3.63, 3.8) is 0 Å². The average Bonchev–Trinajstić information content (AvgIpc) is 3.16. The lowest BCUT2D eigenvalue weighted by molar-refractivity contribution is 0.636. The van der Waals surface area contributed by atoms with E-state index >= 15 is 0 Å². The van der Waals surface area contributed by atoms with Crippen LogP contribution in [0.4, 0.5) is 0 Å². The van der Waals surface area contributed by atoms with Crippen LogP contribution >= 0.6 is 38.9 Å². The molecule has 1 aliphatic carbocycles. The van der Waals surface area contributed by atoms with Gasteiger partial charge in [-0.3, -0.25) is 13.9 Å². The molecule has 0 saturated carbocycles. The van der Waals surface area contributed by atoms with E-state index in [0.29, 0.717) is 17.0 Å². The molecule has 0 fully saturated rings. The Bertz CT molecular complexity index is 1400. The molecule has 5 rings (SSSR count). The molecule has 1 aliphatic rings. The van der Waals surface area contributed by atoms with Crippen molar-refractivity contribution in [1.29, 1.82) is 0 Å². The standard InChI is InChI=1S/C24H20BrClN2O2S/c25-17-11-9-15(10-12-17)13-28-23-21(18-6-2-4-8-20(18)31-23)22(29)27(24(28)30)14-16-5-1-3-7-19(16)26/h1,3,5,7,9-12H,2,4,6,8,13-14H2. The zero-order chi connectivity index (χ0) is 21.5. The molecule has 0 N–H and O–H groups in total. The first-order valence-corrected chi connectivity index (χ1v) is 12.3. The predicted molar refractivity (Wildman–Crippen MR) is 131 cm³/mol. The maximum absolute atomic E-state index is 13.6. The third-order valence-electron chi connectivity index (χ3n) is 5.86. The van der Waals surface area contributed by atoms with Crippen LogP contribution in [0, 0.1) is 0 Å². The number of aromatic nitrogens is 2. The number of benzene rings is 2. The van der Waals surface area contributed by atoms with Gasteiger partial charge in [-0.2, -0.15) is 0 Å². The fourth-order valence-corrected chi connectivity index (χ4v) is 6.10. The first-order valence-electron chi connectivity index (χ1n) is 10.3. The minimum absolute atomic E-state index is 0.165. The van der Waals surface area contributed by atoms with Gasteiger partial charge in [-0.25, -0.2) is 4.79 Å². The molecule has 2 heterocycles. The van der Waals surface area contributed by atoms with Crippen molar-refractivity contribution in [2.75, 3.05) is 0 Å². The van der Waals surface area contributed by atoms with E-state index in [1.165, 1.54) is 9.44 Å². The third kappa shape index (κ3) is 3.81. The van der Waals surface area contributed by atoms with Crippen LogP contribution in [0.15, 0.2) is 62.6 Å². The van der Waals surface area contributed by atoms with Crippen molar-refractivity contribution in [3.8, 4) is 0 Å². The van der Waals surface area contributed by atoms with Crippen LogP contribution in [0.5, 0.6) is 0 Å². The summed E-state index contributed by atoms with van der Waals surface area (Å²) >= 11 is 11.4. The van der Waals surface area contributed by atoms with Crippen LogP contribution < -0.4 is 11.2 Å². The van der Waals surface area contributed by atoms with Gasteiger partial charge in [0, 0.05) is 14.4 Å². The Balaban J connectivity index is 1.75. The summed E-state index contributed by atoms with van der Waals surface area (Å²) in [6.07, 6.45) is 4.08. The van der Waals surface area contributed by atoms with Gasteiger partial charge < -0.3 is 0 Å². The molecule has 0 spiro atoms. The molecule has 0 radical (unpaired) electrons. The second-order valence-corrected chi connectivity index (χ2v) is 10.3. The summed E-state index contributed by atoms with van der Waals surface area (Å²) < 4.78 is 4.10. The zero-order valence-corrected chi connectivity index (χ0v) is 19.9. The Morgan fingerprint density at radius 2 is 1.68 bits per heavy atom. The third-order valence-corrected chi connectivity index (χ3v) is 8.07. The molecule has 0 saturated heterocycles. The van der Waals surface area contributed by atoms with E-state index in [9.17, 15) is 9.59 Å². The van der Waals surface area contributed by atoms with Crippen LogP contribution in [-0.4, -0.2) is 9.13 Å². The van der Waals surface area contributed by atoms with E-state index in [0.717, 1.165) is 51.7 Å². The van der Waals surface area contributed by atoms with Crippen LogP contribution in [0.25, 0.3) is 10.2 Å². The first kappa shape index (κ1) is 20.7. The molecule has 0 aliphatic heterocycles. The molecule has 0 atom stereocenters. The molecule has 0 unspecified atom stereocenters. The summed E-state index contributed by atoms with van der Waals surface area (Å²) in [5, 5.41) is 1.27. The highest BCUT2D eigenvalue weighted by Gasteiger charge is 2.24. The molecule has 4 nitrogen and oxygen atoms in total. The molecule has 7 heteroatoms. The lowest BCUT2D eigenvalue weighted by Gasteiger charge is -2.14. The van der Waals surface area contributed by atoms with Crippen LogP contribution in [0.3, 0.4) is 0 Å². The molecule has 4 aromatic rings. The number of rotatable bonds is 4. The van der Waals surface area contributed by atoms with Crippen molar-refractivity contribution >= 4 is 49.1 Å². The Kier molecular flexibility index (Phi) is 5.63. The van der Waals surface area contributed by atoms with E-state index in [1.54, 1.807) is 22.0 Å². The molecular formula is C24H20BrClN2O2S. The fourth-order valence-electron chi connectivity index (χ4n) is 4.26. The van der Waals surface area contributed by atoms with Crippen LogP contribution in [-0.2, 0) is 25.9 Å². The van der Waals surface area contributed by atoms with Gasteiger partial charge in [0.15, 0.2) is 0 Å². The number of fused-ring (bicyclic) bond motifs is 3. The normalized spacial score (nSPS) is 13.5. The van der Waals surface area contributed by atoms with Gasteiger partial charge in [0.05, 0.1) is 18.5 Å². The fraction of sp³-hybridized carbons (Fsp3) is 0.250. The Morgan fingerprint density at radius 1 is 0.935 bits per heavy atom. The summed E-state index contributed by atoms with van der Waals surface area (Å²) in [5.74, 6) is 0. The van der Waals surface area contributed by atoms with E-state index in [1.807, 2.05) is 42.5 Å². The molecule has 0 amide bonds. The Hall–Kier alpha value is -2.15. The van der Waals surface area contributed by atoms with Crippen molar-refractivity contribution < 1.29 is 0 Å². The maximum Gasteiger partial charge on any atom is 0.332 e. The summed E-state index contributed by atoms with van der Waals surface area (Å²) in [6, 6.07) is 15.3. The molecule has 2 aromatic heterocycles. The molecule has 2 aromatic carbocycles. The summed E-state index contributed by atoms with van der Waals surface area (Å²) in [5.41, 5.74) is 2.42. The van der Waals surface area contributed by atoms with Crippen molar-refractivity contribution in [1.82, 2.24) is 9.13 Å². The summed E-state index contributed by atoms with van der Waals surface area (Å²) in [4.78, 5) is 29.2. The molecular weight excluding hydrogens is 496 g/mol. The number of hydrogen-bond donors (Lipinski definition) is 0. The van der Waals surface area contributed by atoms with Gasteiger partial charge in [0.2, 0.25) is 0 Å². The summed E-state index contributed by atoms with van der Waals surface area (Å²) in [7, 11) is 0. The zero-order valence-electron chi connectivity index (χ0n) is 16.7. The molecule has 158 valence electrons. The Labute approximate surface area is 196 Å². The van der Waals surface area contributed by atoms with Gasteiger partial charge in [0.25, 0.3) is 5.56 Å². The monoisotopic (exact) mass is 514 g/mol. The minimum Gasteiger partial charge on any atom is -0.280 e. The number of halogens is 2. The second-order valence-electron chi connectivity index (χ2n) is 7.87. The van der Waals surface area contributed by atoms with E-state index < -0.39 is 0 Å². The number of nitrogens with zero attached hydrogens (tertiary/aromatic N) is 2. The lowest BCUT2D eigenvalue weighted by atomic mass is 9.97. The molecule has 31 heavy (non-hydrogen) atoms. The van der Waals surface area contributed by atoms with Crippen molar-refractivity contribution in [2.24, 2.45) is 0 Å². The summed E-state index contributed by atoms with van der Waals surface area (Å²) in [6.45, 7) is 0.586. The maximum atomic E-state index is 13.6. The highest BCUT2D eigenvalue weighted by Crippen LogP contribution is 2.34. The van der Waals surface area contributed by atoms with Crippen molar-refractivity contribution in [3.05, 3.63) is 100 Å². The lowest BCUT2D eigenvalue weighted by Crippen LogP contribution is -2.40. The van der Waals surface area contributed by atoms with Gasteiger partial charge in [0.1, 0.15) is 4.83 Å². The van der Waals surface area contributed by atoms with E-state index in [4.69, 9.17) is 11.6 Å². The van der Waals surface area contributed by atoms with Crippen molar-refractivity contribution in [2.45, 2.75) is 38.8 Å². The smallest absolute Gasteiger partial charge is 0.280 e. The highest BCUT2D eigenvalue weighted by molar-refractivity contribution is 9.10.